The predicted octanol–water partition coefficient (Wildman–Crippen LogP) is 3.38. The minimum absolute atomic E-state index is 0.177. The average molecular weight is 276 g/mol. The van der Waals surface area contributed by atoms with Crippen molar-refractivity contribution < 1.29 is 12.6 Å². The third kappa shape index (κ3) is 3.15. The van der Waals surface area contributed by atoms with E-state index in [0.717, 1.165) is 16.7 Å². The molecule has 0 saturated carbocycles. The van der Waals surface area contributed by atoms with Crippen LogP contribution in [0.3, 0.4) is 0 Å². The highest BCUT2D eigenvalue weighted by Crippen LogP contribution is 2.20. The first kappa shape index (κ1) is 13.6. The molecule has 0 amide bonds. The van der Waals surface area contributed by atoms with E-state index in [9.17, 15) is 8.42 Å². The maximum Gasteiger partial charge on any atom is 0.339 e. The number of aryl methyl sites for hydroxylation is 3. The van der Waals surface area contributed by atoms with Gasteiger partial charge in [-0.05, 0) is 56.2 Å². The lowest BCUT2D eigenvalue weighted by Crippen LogP contribution is -2.10. The van der Waals surface area contributed by atoms with Gasteiger partial charge in [0.05, 0.1) is 0 Å². The number of benzene rings is 2. The third-order valence-electron chi connectivity index (χ3n) is 2.99. The molecule has 0 aliphatic carbocycles. The zero-order valence-corrected chi connectivity index (χ0v) is 12.0. The minimum Gasteiger partial charge on any atom is -0.379 e. The van der Waals surface area contributed by atoms with Crippen molar-refractivity contribution in [1.29, 1.82) is 0 Å². The molecule has 2 aromatic carbocycles. The first-order chi connectivity index (χ1) is 8.88. The Kier molecular flexibility index (Phi) is 3.62. The summed E-state index contributed by atoms with van der Waals surface area (Å²) in [7, 11) is -3.77. The molecule has 0 unspecified atom stereocenters. The molecule has 0 bridgehead atoms. The van der Waals surface area contributed by atoms with Gasteiger partial charge in [-0.2, -0.15) is 8.42 Å². The maximum absolute atomic E-state index is 12.1. The zero-order chi connectivity index (χ0) is 14.0. The predicted molar refractivity (Wildman–Crippen MR) is 74.9 cm³/mol. The van der Waals surface area contributed by atoms with Gasteiger partial charge in [0.2, 0.25) is 0 Å². The second kappa shape index (κ2) is 5.05. The second-order valence-corrected chi connectivity index (χ2v) is 6.14. The molecule has 0 radical (unpaired) electrons. The van der Waals surface area contributed by atoms with Crippen molar-refractivity contribution in [2.75, 3.05) is 0 Å². The molecule has 2 aromatic rings. The normalized spacial score (nSPS) is 11.3. The summed E-state index contributed by atoms with van der Waals surface area (Å²) < 4.78 is 29.4. The maximum atomic E-state index is 12.1. The van der Waals surface area contributed by atoms with Gasteiger partial charge >= 0.3 is 10.1 Å². The van der Waals surface area contributed by atoms with Crippen LogP contribution in [0.5, 0.6) is 5.75 Å². The smallest absolute Gasteiger partial charge is 0.339 e. The van der Waals surface area contributed by atoms with E-state index < -0.39 is 10.1 Å². The molecule has 0 fully saturated rings. The van der Waals surface area contributed by atoms with E-state index in [2.05, 4.69) is 0 Å². The Morgan fingerprint density at radius 2 is 1.47 bits per heavy atom. The van der Waals surface area contributed by atoms with Gasteiger partial charge in [0, 0.05) is 0 Å². The molecule has 0 N–H and O–H groups in total. The van der Waals surface area contributed by atoms with Crippen LogP contribution in [0, 0.1) is 20.8 Å². The van der Waals surface area contributed by atoms with E-state index >= 15 is 0 Å². The molecule has 0 atom stereocenters. The molecule has 4 heteroatoms. The number of hydrogen-bond donors (Lipinski definition) is 0. The van der Waals surface area contributed by atoms with Crippen LogP contribution in [0.4, 0.5) is 0 Å². The second-order valence-electron chi connectivity index (χ2n) is 4.60. The fourth-order valence-corrected chi connectivity index (χ4v) is 2.65. The van der Waals surface area contributed by atoms with E-state index in [1.54, 1.807) is 30.3 Å². The minimum atomic E-state index is -3.77. The largest absolute Gasteiger partial charge is 0.379 e. The van der Waals surface area contributed by atoms with Crippen molar-refractivity contribution in [2.24, 2.45) is 0 Å². The Bertz CT molecular complexity index is 686. The van der Waals surface area contributed by atoms with E-state index in [1.165, 1.54) is 0 Å². The molecule has 0 heterocycles. The lowest BCUT2D eigenvalue weighted by molar-refractivity contribution is 0.486. The zero-order valence-electron chi connectivity index (χ0n) is 11.2. The molecular weight excluding hydrogens is 260 g/mol. The summed E-state index contributed by atoms with van der Waals surface area (Å²) in [6.45, 7) is 5.74. The summed E-state index contributed by atoms with van der Waals surface area (Å²) in [5.74, 6) is 0.323. The van der Waals surface area contributed by atoms with Crippen LogP contribution in [-0.2, 0) is 10.1 Å². The average Bonchev–Trinajstić information content (AvgIpc) is 2.35. The molecule has 0 aliphatic heterocycles. The van der Waals surface area contributed by atoms with E-state index in [1.807, 2.05) is 32.9 Å². The first-order valence-electron chi connectivity index (χ1n) is 5.97. The van der Waals surface area contributed by atoms with Gasteiger partial charge in [-0.25, -0.2) is 0 Å². The standard InChI is InChI=1S/C15H16O3S/c1-11-4-7-14(8-5-11)18-19(16,17)15-9-6-12(2)13(3)10-15/h4-10H,1-3H3. The monoisotopic (exact) mass is 276 g/mol. The van der Waals surface area contributed by atoms with Crippen LogP contribution in [-0.4, -0.2) is 8.42 Å². The van der Waals surface area contributed by atoms with Gasteiger partial charge < -0.3 is 4.18 Å². The first-order valence-corrected chi connectivity index (χ1v) is 7.38. The van der Waals surface area contributed by atoms with Crippen LogP contribution >= 0.6 is 0 Å². The Morgan fingerprint density at radius 1 is 0.842 bits per heavy atom. The van der Waals surface area contributed by atoms with Crippen LogP contribution in [0.2, 0.25) is 0 Å². The summed E-state index contributed by atoms with van der Waals surface area (Å²) in [5.41, 5.74) is 3.03. The molecule has 100 valence electrons. The van der Waals surface area contributed by atoms with Crippen molar-refractivity contribution in [3.05, 3.63) is 59.2 Å². The number of rotatable bonds is 3. The summed E-state index contributed by atoms with van der Waals surface area (Å²) in [6, 6.07) is 11.9. The molecular formula is C15H16O3S. The Morgan fingerprint density at radius 3 is 2.05 bits per heavy atom. The highest BCUT2D eigenvalue weighted by atomic mass is 32.2. The molecule has 0 aliphatic rings. The molecule has 2 rings (SSSR count). The molecule has 0 aromatic heterocycles. The lowest BCUT2D eigenvalue weighted by Gasteiger charge is -2.08. The van der Waals surface area contributed by atoms with Crippen LogP contribution in [0.15, 0.2) is 47.4 Å². The van der Waals surface area contributed by atoms with Gasteiger partial charge in [0.15, 0.2) is 0 Å². The van der Waals surface area contributed by atoms with Crippen molar-refractivity contribution in [3.8, 4) is 5.75 Å². The SMILES string of the molecule is Cc1ccc(OS(=O)(=O)c2ccc(C)c(C)c2)cc1. The fraction of sp³-hybridized carbons (Fsp3) is 0.200. The van der Waals surface area contributed by atoms with Crippen LogP contribution in [0.1, 0.15) is 16.7 Å². The van der Waals surface area contributed by atoms with Crippen LogP contribution < -0.4 is 4.18 Å². The van der Waals surface area contributed by atoms with Gasteiger partial charge in [-0.3, -0.25) is 0 Å². The van der Waals surface area contributed by atoms with Crippen molar-refractivity contribution in [3.63, 3.8) is 0 Å². The molecule has 0 spiro atoms. The molecule has 19 heavy (non-hydrogen) atoms. The van der Waals surface area contributed by atoms with Crippen LogP contribution in [0.25, 0.3) is 0 Å². The Hall–Kier alpha value is -1.81. The van der Waals surface area contributed by atoms with Gasteiger partial charge in [-0.15, -0.1) is 0 Å². The molecule has 3 nitrogen and oxygen atoms in total. The van der Waals surface area contributed by atoms with Gasteiger partial charge in [0.1, 0.15) is 10.6 Å². The number of hydrogen-bond acceptors (Lipinski definition) is 3. The molecule has 0 saturated heterocycles. The summed E-state index contributed by atoms with van der Waals surface area (Å²) in [5, 5.41) is 0. The fourth-order valence-electron chi connectivity index (χ4n) is 1.64. The summed E-state index contributed by atoms with van der Waals surface area (Å²) >= 11 is 0. The van der Waals surface area contributed by atoms with E-state index in [0.29, 0.717) is 5.75 Å². The van der Waals surface area contributed by atoms with Gasteiger partial charge in [0.25, 0.3) is 0 Å². The van der Waals surface area contributed by atoms with E-state index in [-0.39, 0.29) is 4.90 Å². The van der Waals surface area contributed by atoms with Gasteiger partial charge in [-0.1, -0.05) is 23.8 Å². The highest BCUT2D eigenvalue weighted by molar-refractivity contribution is 7.87. The van der Waals surface area contributed by atoms with Crippen molar-refractivity contribution >= 4 is 10.1 Å². The summed E-state index contributed by atoms with van der Waals surface area (Å²) in [4.78, 5) is 0.177. The lowest BCUT2D eigenvalue weighted by atomic mass is 10.1. The van der Waals surface area contributed by atoms with Crippen molar-refractivity contribution in [2.45, 2.75) is 25.7 Å². The van der Waals surface area contributed by atoms with Crippen molar-refractivity contribution in [1.82, 2.24) is 0 Å². The third-order valence-corrected chi connectivity index (χ3v) is 4.24. The highest BCUT2D eigenvalue weighted by Gasteiger charge is 2.17. The van der Waals surface area contributed by atoms with E-state index in [4.69, 9.17) is 4.18 Å². The quantitative estimate of drug-likeness (QED) is 0.807. The Labute approximate surface area is 114 Å². The Balaban J connectivity index is 2.32. The topological polar surface area (TPSA) is 43.4 Å². The summed E-state index contributed by atoms with van der Waals surface area (Å²) in [6.07, 6.45) is 0.